The van der Waals surface area contributed by atoms with Gasteiger partial charge in [-0.1, -0.05) is 24.3 Å². The van der Waals surface area contributed by atoms with Gasteiger partial charge in [0.2, 0.25) is 0 Å². The number of benzene rings is 2. The molecular formula is C22H28N2O3S. The number of hydrogen-bond acceptors (Lipinski definition) is 5. The van der Waals surface area contributed by atoms with Crippen LogP contribution in [0.25, 0.3) is 0 Å². The number of amides is 1. The Bertz CT molecular complexity index is 791. The van der Waals surface area contributed by atoms with Crippen molar-refractivity contribution in [3.63, 3.8) is 0 Å². The molecule has 2 aromatic carbocycles. The highest BCUT2D eigenvalue weighted by molar-refractivity contribution is 7.99. The minimum absolute atomic E-state index is 0.164. The average Bonchev–Trinajstić information content (AvgIpc) is 2.72. The maximum Gasteiger partial charge on any atom is 0.259 e. The predicted octanol–water partition coefficient (Wildman–Crippen LogP) is 3.82. The summed E-state index contributed by atoms with van der Waals surface area (Å²) in [6, 6.07) is 13.4. The van der Waals surface area contributed by atoms with Crippen LogP contribution >= 0.6 is 11.8 Å². The largest absolute Gasteiger partial charge is 0.490 e. The number of methoxy groups -OCH3 is 1. The van der Waals surface area contributed by atoms with Gasteiger partial charge in [0.15, 0.2) is 0 Å². The Balaban J connectivity index is 1.71. The first-order valence-corrected chi connectivity index (χ1v) is 10.7. The second kappa shape index (κ2) is 10.5. The number of para-hydroxylation sites is 1. The third-order valence-electron chi connectivity index (χ3n) is 4.87. The molecule has 1 heterocycles. The summed E-state index contributed by atoms with van der Waals surface area (Å²) in [5.74, 6) is 2.78. The van der Waals surface area contributed by atoms with Crippen LogP contribution in [0.2, 0.25) is 0 Å². The summed E-state index contributed by atoms with van der Waals surface area (Å²) in [4.78, 5) is 15.4. The van der Waals surface area contributed by atoms with E-state index in [9.17, 15) is 4.79 Å². The van der Waals surface area contributed by atoms with Crippen molar-refractivity contribution in [3.05, 3.63) is 59.2 Å². The van der Waals surface area contributed by atoms with Gasteiger partial charge in [0, 0.05) is 43.9 Å². The number of carbonyl (C=O) groups excluding carboxylic acids is 1. The van der Waals surface area contributed by atoms with Gasteiger partial charge in [-0.15, -0.1) is 0 Å². The molecule has 0 bridgehead atoms. The molecule has 5 nitrogen and oxygen atoms in total. The number of thioether (sulfide) groups is 1. The van der Waals surface area contributed by atoms with Crippen LogP contribution < -0.4 is 10.1 Å². The van der Waals surface area contributed by atoms with Crippen molar-refractivity contribution in [1.29, 1.82) is 0 Å². The zero-order valence-electron chi connectivity index (χ0n) is 16.6. The van der Waals surface area contributed by atoms with Crippen molar-refractivity contribution < 1.29 is 14.3 Å². The van der Waals surface area contributed by atoms with E-state index in [1.54, 1.807) is 13.2 Å². The maximum atomic E-state index is 12.9. The van der Waals surface area contributed by atoms with Crippen LogP contribution in [0, 0.1) is 6.92 Å². The number of carbonyl (C=O) groups is 1. The molecule has 1 amide bonds. The lowest BCUT2D eigenvalue weighted by atomic mass is 10.1. The Morgan fingerprint density at radius 3 is 2.68 bits per heavy atom. The number of ether oxygens (including phenoxy) is 2. The van der Waals surface area contributed by atoms with Crippen LogP contribution in [0.15, 0.2) is 42.5 Å². The van der Waals surface area contributed by atoms with E-state index in [1.807, 2.05) is 42.1 Å². The van der Waals surface area contributed by atoms with Gasteiger partial charge in [0.25, 0.3) is 5.91 Å². The number of rotatable bonds is 8. The number of anilines is 1. The van der Waals surface area contributed by atoms with Crippen LogP contribution in [0.3, 0.4) is 0 Å². The first-order valence-electron chi connectivity index (χ1n) is 9.59. The predicted molar refractivity (Wildman–Crippen MR) is 116 cm³/mol. The average molecular weight is 401 g/mol. The molecule has 1 aliphatic rings. The van der Waals surface area contributed by atoms with Crippen molar-refractivity contribution in [1.82, 2.24) is 4.90 Å². The standard InChI is InChI=1S/C22H28N2O3S/c1-17-18(16-24-10-14-28-15-11-24)6-5-8-20(17)23-22(25)19-7-3-4-9-21(19)27-13-12-26-2/h3-9H,10-16H2,1-2H3,(H,23,25). The molecule has 0 aromatic heterocycles. The van der Waals surface area contributed by atoms with Gasteiger partial charge in [-0.05, 0) is 36.2 Å². The Labute approximate surface area is 171 Å². The van der Waals surface area contributed by atoms with Gasteiger partial charge >= 0.3 is 0 Å². The van der Waals surface area contributed by atoms with Crippen molar-refractivity contribution in [2.45, 2.75) is 13.5 Å². The van der Waals surface area contributed by atoms with E-state index < -0.39 is 0 Å². The molecule has 0 spiro atoms. The molecule has 0 radical (unpaired) electrons. The molecular weight excluding hydrogens is 372 g/mol. The summed E-state index contributed by atoms with van der Waals surface area (Å²) in [6.07, 6.45) is 0. The second-order valence-corrected chi connectivity index (χ2v) is 7.99. The molecule has 0 saturated carbocycles. The number of nitrogens with zero attached hydrogens (tertiary/aromatic N) is 1. The Morgan fingerprint density at radius 1 is 1.11 bits per heavy atom. The molecule has 28 heavy (non-hydrogen) atoms. The van der Waals surface area contributed by atoms with Crippen LogP contribution in [-0.2, 0) is 11.3 Å². The van der Waals surface area contributed by atoms with E-state index in [4.69, 9.17) is 9.47 Å². The quantitative estimate of drug-likeness (QED) is 0.683. The van der Waals surface area contributed by atoms with E-state index in [1.165, 1.54) is 17.1 Å². The minimum atomic E-state index is -0.164. The van der Waals surface area contributed by atoms with E-state index in [0.717, 1.165) is 30.9 Å². The third-order valence-corrected chi connectivity index (χ3v) is 5.81. The minimum Gasteiger partial charge on any atom is -0.490 e. The summed E-state index contributed by atoms with van der Waals surface area (Å²) in [5.41, 5.74) is 3.75. The molecule has 1 saturated heterocycles. The lowest BCUT2D eigenvalue weighted by molar-refractivity contribution is 0.101. The van der Waals surface area contributed by atoms with Gasteiger partial charge < -0.3 is 14.8 Å². The number of nitrogens with one attached hydrogen (secondary N) is 1. The van der Waals surface area contributed by atoms with Gasteiger partial charge in [-0.2, -0.15) is 11.8 Å². The molecule has 1 N–H and O–H groups in total. The van der Waals surface area contributed by atoms with Gasteiger partial charge in [-0.3, -0.25) is 9.69 Å². The summed E-state index contributed by atoms with van der Waals surface area (Å²) in [6.45, 7) is 6.12. The van der Waals surface area contributed by atoms with Gasteiger partial charge in [0.05, 0.1) is 12.2 Å². The SMILES string of the molecule is COCCOc1ccccc1C(=O)Nc1cccc(CN2CCSCC2)c1C. The van der Waals surface area contributed by atoms with Crippen molar-refractivity contribution in [3.8, 4) is 5.75 Å². The summed E-state index contributed by atoms with van der Waals surface area (Å²) >= 11 is 2.01. The Hall–Kier alpha value is -2.02. The molecule has 1 aliphatic heterocycles. The first-order chi connectivity index (χ1) is 13.7. The highest BCUT2D eigenvalue weighted by Gasteiger charge is 2.16. The van der Waals surface area contributed by atoms with Crippen molar-refractivity contribution in [2.24, 2.45) is 0 Å². The smallest absolute Gasteiger partial charge is 0.259 e. The zero-order chi connectivity index (χ0) is 19.8. The molecule has 2 aromatic rings. The molecule has 0 aliphatic carbocycles. The van der Waals surface area contributed by atoms with E-state index in [-0.39, 0.29) is 5.91 Å². The molecule has 3 rings (SSSR count). The van der Waals surface area contributed by atoms with Crippen LogP contribution in [0.5, 0.6) is 5.75 Å². The normalized spacial score (nSPS) is 14.6. The Kier molecular flexibility index (Phi) is 7.77. The zero-order valence-corrected chi connectivity index (χ0v) is 17.4. The van der Waals surface area contributed by atoms with Crippen molar-refractivity contribution in [2.75, 3.05) is 50.2 Å². The highest BCUT2D eigenvalue weighted by atomic mass is 32.2. The van der Waals surface area contributed by atoms with E-state index in [0.29, 0.717) is 24.5 Å². The fourth-order valence-corrected chi connectivity index (χ4v) is 4.17. The van der Waals surface area contributed by atoms with E-state index >= 15 is 0 Å². The fraction of sp³-hybridized carbons (Fsp3) is 0.409. The lowest BCUT2D eigenvalue weighted by Gasteiger charge is -2.27. The molecule has 1 fully saturated rings. The van der Waals surface area contributed by atoms with Crippen LogP contribution in [0.4, 0.5) is 5.69 Å². The highest BCUT2D eigenvalue weighted by Crippen LogP contribution is 2.24. The summed E-state index contributed by atoms with van der Waals surface area (Å²) in [7, 11) is 1.63. The number of hydrogen-bond donors (Lipinski definition) is 1. The van der Waals surface area contributed by atoms with Gasteiger partial charge in [0.1, 0.15) is 12.4 Å². The van der Waals surface area contributed by atoms with Gasteiger partial charge in [-0.25, -0.2) is 0 Å². The topological polar surface area (TPSA) is 50.8 Å². The van der Waals surface area contributed by atoms with Crippen LogP contribution in [-0.4, -0.2) is 55.7 Å². The second-order valence-electron chi connectivity index (χ2n) is 6.77. The monoisotopic (exact) mass is 400 g/mol. The third kappa shape index (κ3) is 5.50. The first kappa shape index (κ1) is 20.7. The fourth-order valence-electron chi connectivity index (χ4n) is 3.20. The molecule has 0 atom stereocenters. The molecule has 0 unspecified atom stereocenters. The van der Waals surface area contributed by atoms with Crippen LogP contribution in [0.1, 0.15) is 21.5 Å². The summed E-state index contributed by atoms with van der Waals surface area (Å²) < 4.78 is 10.7. The van der Waals surface area contributed by atoms with E-state index in [2.05, 4.69) is 23.2 Å². The molecule has 150 valence electrons. The molecule has 6 heteroatoms. The Morgan fingerprint density at radius 2 is 1.89 bits per heavy atom. The van der Waals surface area contributed by atoms with Crippen molar-refractivity contribution >= 4 is 23.4 Å². The maximum absolute atomic E-state index is 12.9. The summed E-state index contributed by atoms with van der Waals surface area (Å²) in [5, 5.41) is 3.06. The lowest BCUT2D eigenvalue weighted by Crippen LogP contribution is -2.32.